The number of rotatable bonds is 5. The van der Waals surface area contributed by atoms with Crippen LogP contribution in [0.25, 0.3) is 0 Å². The molecule has 116 valence electrons. The largest absolute Gasteiger partial charge is 0.438 e. The summed E-state index contributed by atoms with van der Waals surface area (Å²) in [6, 6.07) is 9.78. The van der Waals surface area contributed by atoms with E-state index in [9.17, 15) is 9.90 Å². The topological polar surface area (TPSA) is 72.6 Å². The molecule has 4 nitrogen and oxygen atoms in total. The summed E-state index contributed by atoms with van der Waals surface area (Å²) >= 11 is 0. The van der Waals surface area contributed by atoms with Gasteiger partial charge in [0.1, 0.15) is 5.60 Å². The number of nitrogens with two attached hydrogens (primary N) is 1. The van der Waals surface area contributed by atoms with Gasteiger partial charge < -0.3 is 15.6 Å². The Morgan fingerprint density at radius 1 is 1.24 bits per heavy atom. The molecular weight excluding hydrogens is 266 g/mol. The number of ether oxygens (including phenoxy) is 1. The summed E-state index contributed by atoms with van der Waals surface area (Å²) < 4.78 is 5.47. The molecule has 2 rings (SSSR count). The molecule has 0 saturated heterocycles. The van der Waals surface area contributed by atoms with Crippen molar-refractivity contribution in [2.75, 3.05) is 6.61 Å². The van der Waals surface area contributed by atoms with Gasteiger partial charge in [-0.25, -0.2) is 4.79 Å². The van der Waals surface area contributed by atoms with E-state index in [-0.39, 0.29) is 6.61 Å². The van der Waals surface area contributed by atoms with E-state index >= 15 is 0 Å². The summed E-state index contributed by atoms with van der Waals surface area (Å²) in [5.41, 5.74) is 5.57. The van der Waals surface area contributed by atoms with Crippen LogP contribution in [-0.2, 0) is 10.3 Å². The lowest BCUT2D eigenvalue weighted by Crippen LogP contribution is -2.35. The molecule has 0 aromatic heterocycles. The molecule has 1 aromatic rings. The normalized spacial score (nSPS) is 25.0. The minimum Gasteiger partial charge on any atom is -0.438 e. The molecule has 1 saturated carbocycles. The lowest BCUT2D eigenvalue weighted by Gasteiger charge is -2.36. The SMILES string of the molecule is CC(C[C@H]1CC[C@H](CO)CC1)(OC(N)=O)c1ccccc1. The number of aliphatic hydroxyl groups excluding tert-OH is 1. The van der Waals surface area contributed by atoms with E-state index in [1.165, 1.54) is 0 Å². The summed E-state index contributed by atoms with van der Waals surface area (Å²) in [6.07, 6.45) is 4.26. The van der Waals surface area contributed by atoms with E-state index in [4.69, 9.17) is 10.5 Å². The monoisotopic (exact) mass is 291 g/mol. The molecule has 1 amide bonds. The smallest absolute Gasteiger partial charge is 0.405 e. The molecule has 1 unspecified atom stereocenters. The van der Waals surface area contributed by atoms with Gasteiger partial charge in [-0.2, -0.15) is 0 Å². The first kappa shape index (κ1) is 15.8. The van der Waals surface area contributed by atoms with Gasteiger partial charge in [-0.05, 0) is 56.4 Å². The molecule has 21 heavy (non-hydrogen) atoms. The van der Waals surface area contributed by atoms with Crippen molar-refractivity contribution in [1.82, 2.24) is 0 Å². The highest BCUT2D eigenvalue weighted by molar-refractivity contribution is 5.65. The van der Waals surface area contributed by atoms with Crippen LogP contribution in [0.4, 0.5) is 4.79 Å². The molecule has 1 fully saturated rings. The Morgan fingerprint density at radius 2 is 1.81 bits per heavy atom. The third-order valence-corrected chi connectivity index (χ3v) is 4.61. The number of carbonyl (C=O) groups excluding carboxylic acids is 1. The third kappa shape index (κ3) is 4.21. The fourth-order valence-electron chi connectivity index (χ4n) is 3.40. The highest BCUT2D eigenvalue weighted by Gasteiger charge is 2.35. The minimum absolute atomic E-state index is 0.278. The molecule has 0 spiro atoms. The predicted molar refractivity (Wildman–Crippen MR) is 81.6 cm³/mol. The predicted octanol–water partition coefficient (Wildman–Crippen LogP) is 3.19. The Hall–Kier alpha value is -1.55. The van der Waals surface area contributed by atoms with Crippen LogP contribution in [0.15, 0.2) is 30.3 Å². The average molecular weight is 291 g/mol. The number of hydrogen-bond acceptors (Lipinski definition) is 3. The Balaban J connectivity index is 2.08. The summed E-state index contributed by atoms with van der Waals surface area (Å²) in [4.78, 5) is 11.3. The number of aliphatic hydroxyl groups is 1. The van der Waals surface area contributed by atoms with Crippen molar-refractivity contribution in [3.8, 4) is 0 Å². The second-order valence-electron chi connectivity index (χ2n) is 6.29. The zero-order valence-corrected chi connectivity index (χ0v) is 12.6. The zero-order valence-electron chi connectivity index (χ0n) is 12.6. The van der Waals surface area contributed by atoms with Crippen LogP contribution >= 0.6 is 0 Å². The quantitative estimate of drug-likeness (QED) is 0.875. The maximum Gasteiger partial charge on any atom is 0.405 e. The molecule has 0 radical (unpaired) electrons. The van der Waals surface area contributed by atoms with Crippen molar-refractivity contribution in [3.63, 3.8) is 0 Å². The van der Waals surface area contributed by atoms with Gasteiger partial charge in [-0.3, -0.25) is 0 Å². The number of benzene rings is 1. The third-order valence-electron chi connectivity index (χ3n) is 4.61. The first-order chi connectivity index (χ1) is 10.0. The number of carbonyl (C=O) groups is 1. The fourth-order valence-corrected chi connectivity index (χ4v) is 3.40. The Bertz CT molecular complexity index is 454. The van der Waals surface area contributed by atoms with Crippen molar-refractivity contribution in [2.45, 2.75) is 44.6 Å². The summed E-state index contributed by atoms with van der Waals surface area (Å²) in [7, 11) is 0. The van der Waals surface area contributed by atoms with Gasteiger partial charge in [0.05, 0.1) is 0 Å². The van der Waals surface area contributed by atoms with Gasteiger partial charge in [0, 0.05) is 6.61 Å². The fraction of sp³-hybridized carbons (Fsp3) is 0.588. The van der Waals surface area contributed by atoms with E-state index in [1.807, 2.05) is 37.3 Å². The maximum atomic E-state index is 11.3. The summed E-state index contributed by atoms with van der Waals surface area (Å²) in [5, 5.41) is 9.22. The number of hydrogen-bond donors (Lipinski definition) is 2. The zero-order chi connectivity index (χ0) is 15.3. The molecule has 0 heterocycles. The molecule has 0 aliphatic heterocycles. The number of amides is 1. The van der Waals surface area contributed by atoms with Crippen LogP contribution in [0.3, 0.4) is 0 Å². The second kappa shape index (κ2) is 6.94. The minimum atomic E-state index is -0.731. The molecule has 4 heteroatoms. The highest BCUT2D eigenvalue weighted by Crippen LogP contribution is 2.39. The van der Waals surface area contributed by atoms with Crippen molar-refractivity contribution in [1.29, 1.82) is 0 Å². The average Bonchev–Trinajstić information content (AvgIpc) is 2.48. The van der Waals surface area contributed by atoms with Gasteiger partial charge in [-0.1, -0.05) is 30.3 Å². The van der Waals surface area contributed by atoms with Crippen molar-refractivity contribution in [3.05, 3.63) is 35.9 Å². The standard InChI is InChI=1S/C17H25NO3/c1-17(21-16(18)20,15-5-3-2-4-6-15)11-13-7-9-14(12-19)10-8-13/h2-6,13-14,19H,7-12H2,1H3,(H2,18,20)/t13-,14-,17?. The highest BCUT2D eigenvalue weighted by atomic mass is 16.6. The molecule has 1 aliphatic rings. The first-order valence-corrected chi connectivity index (χ1v) is 7.68. The van der Waals surface area contributed by atoms with Crippen LogP contribution in [0.5, 0.6) is 0 Å². The second-order valence-corrected chi connectivity index (χ2v) is 6.29. The Morgan fingerprint density at radius 3 is 2.33 bits per heavy atom. The van der Waals surface area contributed by atoms with Gasteiger partial charge in [0.2, 0.25) is 0 Å². The molecular formula is C17H25NO3. The van der Waals surface area contributed by atoms with Gasteiger partial charge >= 0.3 is 6.09 Å². The van der Waals surface area contributed by atoms with Gasteiger partial charge in [0.15, 0.2) is 0 Å². The Kier molecular flexibility index (Phi) is 5.23. The van der Waals surface area contributed by atoms with Crippen molar-refractivity contribution < 1.29 is 14.6 Å². The van der Waals surface area contributed by atoms with E-state index in [2.05, 4.69) is 0 Å². The molecule has 1 aromatic carbocycles. The molecule has 1 atom stereocenters. The first-order valence-electron chi connectivity index (χ1n) is 7.68. The lowest BCUT2D eigenvalue weighted by atomic mass is 9.76. The molecule has 0 bridgehead atoms. The van der Waals surface area contributed by atoms with Crippen molar-refractivity contribution in [2.24, 2.45) is 17.6 Å². The van der Waals surface area contributed by atoms with Crippen LogP contribution in [0.2, 0.25) is 0 Å². The van der Waals surface area contributed by atoms with Gasteiger partial charge in [-0.15, -0.1) is 0 Å². The van der Waals surface area contributed by atoms with E-state index in [1.54, 1.807) is 0 Å². The Labute approximate surface area is 126 Å². The van der Waals surface area contributed by atoms with Gasteiger partial charge in [0.25, 0.3) is 0 Å². The number of primary amides is 1. The summed E-state index contributed by atoms with van der Waals surface area (Å²) in [6.45, 7) is 2.21. The molecule has 3 N–H and O–H groups in total. The summed E-state index contributed by atoms with van der Waals surface area (Å²) in [5.74, 6) is 0.929. The van der Waals surface area contributed by atoms with E-state index < -0.39 is 11.7 Å². The van der Waals surface area contributed by atoms with Crippen LogP contribution in [0.1, 0.15) is 44.6 Å². The van der Waals surface area contributed by atoms with Crippen LogP contribution in [0, 0.1) is 11.8 Å². The van der Waals surface area contributed by atoms with E-state index in [0.29, 0.717) is 11.8 Å². The van der Waals surface area contributed by atoms with E-state index in [0.717, 1.165) is 37.7 Å². The van der Waals surface area contributed by atoms with Crippen molar-refractivity contribution >= 4 is 6.09 Å². The lowest BCUT2D eigenvalue weighted by molar-refractivity contribution is 0.000553. The van der Waals surface area contributed by atoms with Crippen LogP contribution in [-0.4, -0.2) is 17.8 Å². The molecule has 1 aliphatic carbocycles. The van der Waals surface area contributed by atoms with Crippen LogP contribution < -0.4 is 5.73 Å². The maximum absolute atomic E-state index is 11.3.